The molecule has 1 aromatic carbocycles. The summed E-state index contributed by atoms with van der Waals surface area (Å²) < 4.78 is 14.2. The smallest absolute Gasteiger partial charge is 0.230 e. The van der Waals surface area contributed by atoms with Crippen molar-refractivity contribution in [2.75, 3.05) is 45.6 Å². The van der Waals surface area contributed by atoms with Crippen LogP contribution in [0.15, 0.2) is 18.2 Å². The number of fused-ring (bicyclic) bond motifs is 1. The molecule has 0 saturated carbocycles. The van der Waals surface area contributed by atoms with Gasteiger partial charge in [-0.25, -0.2) is 9.37 Å². The Hall–Kier alpha value is -1.57. The van der Waals surface area contributed by atoms with E-state index in [1.165, 1.54) is 17.4 Å². The number of benzene rings is 1. The van der Waals surface area contributed by atoms with Crippen LogP contribution in [0.25, 0.3) is 10.2 Å². The fourth-order valence-corrected chi connectivity index (χ4v) is 3.86. The Morgan fingerprint density at radius 1 is 1.50 bits per heavy atom. The zero-order valence-electron chi connectivity index (χ0n) is 14.1. The molecule has 0 aliphatic carbocycles. The molecule has 2 heterocycles. The Labute approximate surface area is 145 Å². The zero-order valence-corrected chi connectivity index (χ0v) is 14.9. The summed E-state index contributed by atoms with van der Waals surface area (Å²) in [6.07, 6.45) is 1.92. The van der Waals surface area contributed by atoms with E-state index in [9.17, 15) is 9.18 Å². The second-order valence-corrected chi connectivity index (χ2v) is 7.54. The SMILES string of the molecule is CN(C)CCN1CCCC(C(=O)Nc2nc3cccc(F)c3s2)C1. The number of likely N-dealkylation sites (N-methyl/N-ethyl adjacent to an activating group) is 1. The number of hydrogen-bond donors (Lipinski definition) is 1. The first kappa shape index (κ1) is 17.3. The van der Waals surface area contributed by atoms with E-state index in [0.717, 1.165) is 39.0 Å². The maximum Gasteiger partial charge on any atom is 0.230 e. The summed E-state index contributed by atoms with van der Waals surface area (Å²) >= 11 is 1.19. The van der Waals surface area contributed by atoms with Crippen molar-refractivity contribution < 1.29 is 9.18 Å². The highest BCUT2D eigenvalue weighted by molar-refractivity contribution is 7.22. The molecule has 5 nitrogen and oxygen atoms in total. The highest BCUT2D eigenvalue weighted by atomic mass is 32.1. The molecule has 1 unspecified atom stereocenters. The quantitative estimate of drug-likeness (QED) is 0.901. The molecule has 0 bridgehead atoms. The Morgan fingerprint density at radius 3 is 3.08 bits per heavy atom. The maximum atomic E-state index is 13.7. The standard InChI is InChI=1S/C17H23FN4OS/c1-21(2)9-10-22-8-4-5-12(11-22)16(23)20-17-19-14-7-3-6-13(18)15(14)24-17/h3,6-7,12H,4-5,8-11H2,1-2H3,(H,19,20,23). The molecule has 2 aromatic rings. The molecule has 0 spiro atoms. The largest absolute Gasteiger partial charge is 0.308 e. The van der Waals surface area contributed by atoms with Crippen LogP contribution in [0.2, 0.25) is 0 Å². The van der Waals surface area contributed by atoms with Gasteiger partial charge in [-0.1, -0.05) is 17.4 Å². The number of nitrogens with one attached hydrogen (secondary N) is 1. The van der Waals surface area contributed by atoms with E-state index in [-0.39, 0.29) is 17.6 Å². The first-order valence-corrected chi connectivity index (χ1v) is 9.07. The number of rotatable bonds is 5. The number of aromatic nitrogens is 1. The lowest BCUT2D eigenvalue weighted by Crippen LogP contribution is -2.43. The number of likely N-dealkylation sites (tertiary alicyclic amines) is 1. The average molecular weight is 350 g/mol. The van der Waals surface area contributed by atoms with Crippen LogP contribution in [-0.2, 0) is 4.79 Å². The van der Waals surface area contributed by atoms with Crippen LogP contribution >= 0.6 is 11.3 Å². The lowest BCUT2D eigenvalue weighted by atomic mass is 9.97. The highest BCUT2D eigenvalue weighted by Crippen LogP contribution is 2.29. The van der Waals surface area contributed by atoms with Gasteiger partial charge in [0, 0.05) is 19.6 Å². The van der Waals surface area contributed by atoms with Crippen molar-refractivity contribution in [3.05, 3.63) is 24.0 Å². The van der Waals surface area contributed by atoms with Crippen molar-refractivity contribution in [1.29, 1.82) is 0 Å². The minimum Gasteiger partial charge on any atom is -0.308 e. The third-order valence-corrected chi connectivity index (χ3v) is 5.33. The van der Waals surface area contributed by atoms with Crippen molar-refractivity contribution in [2.24, 2.45) is 5.92 Å². The van der Waals surface area contributed by atoms with Crippen LogP contribution in [0.1, 0.15) is 12.8 Å². The average Bonchev–Trinajstić information content (AvgIpc) is 2.97. The minimum absolute atomic E-state index is 0.0102. The summed E-state index contributed by atoms with van der Waals surface area (Å²) in [5, 5.41) is 3.36. The van der Waals surface area contributed by atoms with Gasteiger partial charge in [-0.2, -0.15) is 0 Å². The summed E-state index contributed by atoms with van der Waals surface area (Å²) in [4.78, 5) is 21.3. The van der Waals surface area contributed by atoms with Gasteiger partial charge < -0.3 is 15.1 Å². The second kappa shape index (κ2) is 7.55. The van der Waals surface area contributed by atoms with Gasteiger partial charge >= 0.3 is 0 Å². The molecule has 1 saturated heterocycles. The minimum atomic E-state index is -0.293. The summed E-state index contributed by atoms with van der Waals surface area (Å²) in [5.41, 5.74) is 0.589. The molecule has 1 aliphatic heterocycles. The van der Waals surface area contributed by atoms with Crippen molar-refractivity contribution in [1.82, 2.24) is 14.8 Å². The van der Waals surface area contributed by atoms with E-state index >= 15 is 0 Å². The van der Waals surface area contributed by atoms with Crippen LogP contribution in [0, 0.1) is 11.7 Å². The number of amides is 1. The molecule has 0 radical (unpaired) electrons. The van der Waals surface area contributed by atoms with Gasteiger partial charge in [-0.05, 0) is 45.6 Å². The third-order valence-electron chi connectivity index (χ3n) is 4.34. The molecule has 24 heavy (non-hydrogen) atoms. The Balaban J connectivity index is 1.62. The molecule has 7 heteroatoms. The van der Waals surface area contributed by atoms with E-state index in [4.69, 9.17) is 0 Å². The number of carbonyl (C=O) groups excluding carboxylic acids is 1. The fraction of sp³-hybridized carbons (Fsp3) is 0.529. The van der Waals surface area contributed by atoms with Gasteiger partial charge in [0.05, 0.1) is 16.1 Å². The van der Waals surface area contributed by atoms with Crippen molar-refractivity contribution in [3.8, 4) is 0 Å². The number of nitrogens with zero attached hydrogens (tertiary/aromatic N) is 3. The van der Waals surface area contributed by atoms with Gasteiger partial charge in [-0.3, -0.25) is 4.79 Å². The van der Waals surface area contributed by atoms with Crippen LogP contribution < -0.4 is 5.32 Å². The Kier molecular flexibility index (Phi) is 5.43. The first-order valence-electron chi connectivity index (χ1n) is 8.26. The Bertz CT molecular complexity index is 718. The van der Waals surface area contributed by atoms with Gasteiger partial charge in [-0.15, -0.1) is 0 Å². The van der Waals surface area contributed by atoms with E-state index in [0.29, 0.717) is 15.3 Å². The van der Waals surface area contributed by atoms with Gasteiger partial charge in [0.2, 0.25) is 5.91 Å². The zero-order chi connectivity index (χ0) is 17.1. The summed E-state index contributed by atoms with van der Waals surface area (Å²) in [6.45, 7) is 3.79. The molecule has 130 valence electrons. The number of halogens is 1. The predicted molar refractivity (Wildman–Crippen MR) is 95.9 cm³/mol. The number of piperidine rings is 1. The van der Waals surface area contributed by atoms with Gasteiger partial charge in [0.1, 0.15) is 5.82 Å². The number of thiazole rings is 1. The highest BCUT2D eigenvalue weighted by Gasteiger charge is 2.26. The van der Waals surface area contributed by atoms with Crippen LogP contribution in [-0.4, -0.2) is 61.0 Å². The lowest BCUT2D eigenvalue weighted by Gasteiger charge is -2.32. The lowest BCUT2D eigenvalue weighted by molar-refractivity contribution is -0.121. The van der Waals surface area contributed by atoms with Gasteiger partial charge in [0.25, 0.3) is 0 Å². The molecule has 1 amide bonds. The van der Waals surface area contributed by atoms with E-state index in [1.54, 1.807) is 12.1 Å². The normalized spacial score (nSPS) is 19.1. The van der Waals surface area contributed by atoms with E-state index < -0.39 is 0 Å². The maximum absolute atomic E-state index is 13.7. The fourth-order valence-electron chi connectivity index (χ4n) is 2.99. The number of carbonyl (C=O) groups is 1. The molecule has 1 N–H and O–H groups in total. The first-order chi connectivity index (χ1) is 11.5. The van der Waals surface area contributed by atoms with Gasteiger partial charge in [0.15, 0.2) is 5.13 Å². The topological polar surface area (TPSA) is 48.5 Å². The molecule has 3 rings (SSSR count). The molecule has 1 aromatic heterocycles. The van der Waals surface area contributed by atoms with Crippen LogP contribution in [0.3, 0.4) is 0 Å². The molecule has 1 aliphatic rings. The monoisotopic (exact) mass is 350 g/mol. The Morgan fingerprint density at radius 2 is 2.33 bits per heavy atom. The molecular weight excluding hydrogens is 327 g/mol. The summed E-state index contributed by atoms with van der Waals surface area (Å²) in [7, 11) is 4.11. The molecule has 1 atom stereocenters. The van der Waals surface area contributed by atoms with Crippen molar-refractivity contribution in [3.63, 3.8) is 0 Å². The van der Waals surface area contributed by atoms with E-state index in [1.807, 2.05) is 0 Å². The van der Waals surface area contributed by atoms with Crippen LogP contribution in [0.5, 0.6) is 0 Å². The van der Waals surface area contributed by atoms with Crippen molar-refractivity contribution in [2.45, 2.75) is 12.8 Å². The van der Waals surface area contributed by atoms with E-state index in [2.05, 4.69) is 34.2 Å². The van der Waals surface area contributed by atoms with Crippen LogP contribution in [0.4, 0.5) is 9.52 Å². The van der Waals surface area contributed by atoms with Crippen molar-refractivity contribution >= 4 is 32.6 Å². The third kappa shape index (κ3) is 4.09. The number of hydrogen-bond acceptors (Lipinski definition) is 5. The molecule has 1 fully saturated rings. The summed E-state index contributed by atoms with van der Waals surface area (Å²) in [6, 6.07) is 4.80. The number of anilines is 1. The molecular formula is C17H23FN4OS. The predicted octanol–water partition coefficient (Wildman–Crippen LogP) is 2.65. The summed E-state index contributed by atoms with van der Waals surface area (Å²) in [5.74, 6) is -0.334. The second-order valence-electron chi connectivity index (χ2n) is 6.54.